The van der Waals surface area contributed by atoms with Crippen molar-refractivity contribution in [3.8, 4) is 5.75 Å². The molecule has 9 heteroatoms. The molecule has 1 aromatic carbocycles. The van der Waals surface area contributed by atoms with Crippen molar-refractivity contribution in [3.05, 3.63) is 41.0 Å². The van der Waals surface area contributed by atoms with Gasteiger partial charge in [0.2, 0.25) is 0 Å². The molecule has 0 aliphatic carbocycles. The fourth-order valence-corrected chi connectivity index (χ4v) is 1.92. The van der Waals surface area contributed by atoms with E-state index in [2.05, 4.69) is 10.1 Å². The van der Waals surface area contributed by atoms with Crippen LogP contribution in [0.3, 0.4) is 0 Å². The second-order valence-electron chi connectivity index (χ2n) is 4.95. The summed E-state index contributed by atoms with van der Waals surface area (Å²) in [5.41, 5.74) is -1.21. The summed E-state index contributed by atoms with van der Waals surface area (Å²) in [7, 11) is 1.45. The summed E-state index contributed by atoms with van der Waals surface area (Å²) < 4.78 is 54.4. The van der Waals surface area contributed by atoms with Gasteiger partial charge in [-0.25, -0.2) is 0 Å². The Morgan fingerprint density at radius 3 is 2.67 bits per heavy atom. The number of hydrogen-bond donors (Lipinski definition) is 0. The van der Waals surface area contributed by atoms with Crippen molar-refractivity contribution in [1.82, 2.24) is 10.1 Å². The summed E-state index contributed by atoms with van der Waals surface area (Å²) in [5, 5.41) is 3.65. The number of ketones is 1. The molecule has 1 aromatic heterocycles. The Balaban J connectivity index is 2.28. The first-order chi connectivity index (χ1) is 11.2. The number of halogens is 3. The number of alkyl halides is 3. The number of benzene rings is 1. The van der Waals surface area contributed by atoms with Crippen molar-refractivity contribution in [2.24, 2.45) is 0 Å². The molecule has 130 valence electrons. The molecule has 1 atom stereocenters. The van der Waals surface area contributed by atoms with E-state index < -0.39 is 36.0 Å². The number of nitrogens with zero attached hydrogens (tertiary/aromatic N) is 2. The van der Waals surface area contributed by atoms with Crippen molar-refractivity contribution in [2.45, 2.75) is 32.7 Å². The van der Waals surface area contributed by atoms with E-state index in [4.69, 9.17) is 14.0 Å². The first-order valence-corrected chi connectivity index (χ1v) is 6.93. The first kappa shape index (κ1) is 17.9. The molecule has 0 aliphatic heterocycles. The molecule has 0 saturated carbocycles. The number of aromatic nitrogens is 2. The van der Waals surface area contributed by atoms with Gasteiger partial charge in [0.05, 0.1) is 11.1 Å². The molecule has 0 aliphatic rings. The van der Waals surface area contributed by atoms with Gasteiger partial charge in [0.25, 0.3) is 5.89 Å². The van der Waals surface area contributed by atoms with E-state index in [9.17, 15) is 18.0 Å². The second-order valence-corrected chi connectivity index (χ2v) is 4.95. The van der Waals surface area contributed by atoms with Crippen LogP contribution in [0.5, 0.6) is 5.75 Å². The summed E-state index contributed by atoms with van der Waals surface area (Å²) in [4.78, 5) is 15.5. The van der Waals surface area contributed by atoms with E-state index in [0.717, 1.165) is 19.1 Å². The summed E-state index contributed by atoms with van der Waals surface area (Å²) in [5.74, 6) is -0.889. The highest BCUT2D eigenvalue weighted by molar-refractivity contribution is 5.97. The number of carbonyl (C=O) groups is 1. The molecule has 24 heavy (non-hydrogen) atoms. The van der Waals surface area contributed by atoms with E-state index in [-0.39, 0.29) is 17.3 Å². The third-order valence-corrected chi connectivity index (χ3v) is 3.24. The Bertz CT molecular complexity index is 728. The lowest BCUT2D eigenvalue weighted by molar-refractivity contribution is -0.139. The maximum Gasteiger partial charge on any atom is 0.419 e. The minimum atomic E-state index is -4.66. The number of hydrogen-bond acceptors (Lipinski definition) is 6. The van der Waals surface area contributed by atoms with Crippen LogP contribution in [-0.4, -0.2) is 23.0 Å². The monoisotopic (exact) mass is 344 g/mol. The molecular weight excluding hydrogens is 329 g/mol. The molecule has 0 radical (unpaired) electrons. The fourth-order valence-electron chi connectivity index (χ4n) is 1.92. The lowest BCUT2D eigenvalue weighted by atomic mass is 10.1. The van der Waals surface area contributed by atoms with Crippen molar-refractivity contribution in [2.75, 3.05) is 7.11 Å². The zero-order valence-electron chi connectivity index (χ0n) is 13.2. The van der Waals surface area contributed by atoms with Gasteiger partial charge >= 0.3 is 6.18 Å². The quantitative estimate of drug-likeness (QED) is 0.746. The van der Waals surface area contributed by atoms with Crippen molar-refractivity contribution in [3.63, 3.8) is 0 Å². The molecule has 0 amide bonds. The lowest BCUT2D eigenvalue weighted by Gasteiger charge is -2.15. The average molecular weight is 344 g/mol. The number of methoxy groups -OCH3 is 1. The lowest BCUT2D eigenvalue weighted by Crippen LogP contribution is -2.12. The summed E-state index contributed by atoms with van der Waals surface area (Å²) >= 11 is 0. The van der Waals surface area contributed by atoms with Crippen LogP contribution in [-0.2, 0) is 17.5 Å². The topological polar surface area (TPSA) is 74.5 Å². The van der Waals surface area contributed by atoms with Crippen molar-refractivity contribution in [1.29, 1.82) is 0 Å². The highest BCUT2D eigenvalue weighted by Crippen LogP contribution is 2.38. The van der Waals surface area contributed by atoms with Gasteiger partial charge in [-0.1, -0.05) is 11.2 Å². The second kappa shape index (κ2) is 7.00. The Morgan fingerprint density at radius 1 is 1.38 bits per heavy atom. The van der Waals surface area contributed by atoms with E-state index in [1.807, 2.05) is 0 Å². The highest BCUT2D eigenvalue weighted by Gasteiger charge is 2.36. The first-order valence-electron chi connectivity index (χ1n) is 6.93. The van der Waals surface area contributed by atoms with Gasteiger partial charge in [-0.15, -0.1) is 0 Å². The predicted molar refractivity (Wildman–Crippen MR) is 75.5 cm³/mol. The summed E-state index contributed by atoms with van der Waals surface area (Å²) in [6.45, 7) is 2.44. The number of carbonyl (C=O) groups excluding carboxylic acids is 1. The zero-order chi connectivity index (χ0) is 17.9. The van der Waals surface area contributed by atoms with Crippen LogP contribution in [0.2, 0.25) is 0 Å². The normalized spacial score (nSPS) is 12.9. The minimum Gasteiger partial charge on any atom is -0.482 e. The Labute approximate surface area is 135 Å². The number of para-hydroxylation sites is 1. The molecule has 0 fully saturated rings. The summed E-state index contributed by atoms with van der Waals surface area (Å²) in [6.07, 6.45) is -5.09. The van der Waals surface area contributed by atoms with Crippen molar-refractivity contribution >= 4 is 5.78 Å². The smallest absolute Gasteiger partial charge is 0.419 e. The molecule has 0 bridgehead atoms. The molecule has 1 unspecified atom stereocenters. The van der Waals surface area contributed by atoms with Gasteiger partial charge in [0.15, 0.2) is 18.2 Å². The largest absolute Gasteiger partial charge is 0.482 e. The molecule has 6 nitrogen and oxygen atoms in total. The van der Waals surface area contributed by atoms with Gasteiger partial charge in [-0.2, -0.15) is 18.2 Å². The number of rotatable bonds is 6. The number of Topliss-reactive ketones (excluding diaryl/α,β-unsaturated/α-hetero) is 1. The maximum atomic E-state index is 13.1. The van der Waals surface area contributed by atoms with Gasteiger partial charge in [-0.05, 0) is 26.0 Å². The van der Waals surface area contributed by atoms with Gasteiger partial charge in [0.1, 0.15) is 11.9 Å². The molecule has 1 heterocycles. The van der Waals surface area contributed by atoms with E-state index in [1.165, 1.54) is 13.2 Å². The third kappa shape index (κ3) is 3.91. The van der Waals surface area contributed by atoms with Crippen LogP contribution in [0, 0.1) is 0 Å². The van der Waals surface area contributed by atoms with Gasteiger partial charge in [0, 0.05) is 7.11 Å². The molecule has 0 saturated heterocycles. The van der Waals surface area contributed by atoms with Crippen LogP contribution >= 0.6 is 0 Å². The Kier molecular flexibility index (Phi) is 5.23. The SMILES string of the molecule is COC(C)c1noc(COc2c(C(C)=O)cccc2C(F)(F)F)n1. The van der Waals surface area contributed by atoms with Gasteiger partial charge in [-0.3, -0.25) is 4.79 Å². The zero-order valence-corrected chi connectivity index (χ0v) is 13.2. The molecular formula is C15H15F3N2O4. The molecule has 0 spiro atoms. The molecule has 2 aromatic rings. The maximum absolute atomic E-state index is 13.1. The predicted octanol–water partition coefficient (Wildman–Crippen LogP) is 3.58. The van der Waals surface area contributed by atoms with Crippen LogP contribution in [0.25, 0.3) is 0 Å². The molecule has 2 rings (SSSR count). The van der Waals surface area contributed by atoms with Crippen molar-refractivity contribution < 1.29 is 32.0 Å². The van der Waals surface area contributed by atoms with Crippen LogP contribution in [0.15, 0.2) is 22.7 Å². The van der Waals surface area contributed by atoms with Crippen LogP contribution in [0.4, 0.5) is 13.2 Å². The minimum absolute atomic E-state index is 0.0274. The standard InChI is InChI=1S/C15H15F3N2O4/c1-8(21)10-5-4-6-11(15(16,17)18)13(10)23-7-12-19-14(20-24-12)9(2)22-3/h4-6,9H,7H2,1-3H3. The average Bonchev–Trinajstić information content (AvgIpc) is 2.99. The third-order valence-electron chi connectivity index (χ3n) is 3.24. The summed E-state index contributed by atoms with van der Waals surface area (Å²) in [6, 6.07) is 3.25. The Hall–Kier alpha value is -2.42. The van der Waals surface area contributed by atoms with Crippen LogP contribution < -0.4 is 4.74 Å². The highest BCUT2D eigenvalue weighted by atomic mass is 19.4. The molecule has 0 N–H and O–H groups in total. The fraction of sp³-hybridized carbons (Fsp3) is 0.400. The Morgan fingerprint density at radius 2 is 2.08 bits per heavy atom. The van der Waals surface area contributed by atoms with Gasteiger partial charge < -0.3 is 14.0 Å². The van der Waals surface area contributed by atoms with E-state index in [1.54, 1.807) is 6.92 Å². The number of ether oxygens (including phenoxy) is 2. The van der Waals surface area contributed by atoms with Crippen LogP contribution in [0.1, 0.15) is 47.6 Å². The van der Waals surface area contributed by atoms with E-state index in [0.29, 0.717) is 0 Å². The van der Waals surface area contributed by atoms with E-state index >= 15 is 0 Å².